The van der Waals surface area contributed by atoms with E-state index in [4.69, 9.17) is 4.74 Å². The highest BCUT2D eigenvalue weighted by Crippen LogP contribution is 2.34. The molecular formula is C29H34N2O3S. The molecule has 1 atom stereocenters. The number of anilines is 1. The first kappa shape index (κ1) is 26.4. The predicted octanol–water partition coefficient (Wildman–Crippen LogP) is 7.62. The van der Waals surface area contributed by atoms with Gasteiger partial charge in [-0.2, -0.15) is 0 Å². The minimum absolute atomic E-state index is 0.109. The zero-order valence-electron chi connectivity index (χ0n) is 20.7. The normalized spacial score (nSPS) is 11.5. The molecule has 35 heavy (non-hydrogen) atoms. The van der Waals surface area contributed by atoms with Gasteiger partial charge in [-0.15, -0.1) is 0 Å². The molecule has 0 aromatic heterocycles. The van der Waals surface area contributed by atoms with E-state index in [2.05, 4.69) is 12.2 Å². The Bertz CT molecular complexity index is 1100. The molecule has 0 fully saturated rings. The van der Waals surface area contributed by atoms with Crippen molar-refractivity contribution in [3.63, 3.8) is 0 Å². The monoisotopic (exact) mass is 490 g/mol. The molecule has 0 aliphatic carbocycles. The van der Waals surface area contributed by atoms with Crippen LogP contribution < -0.4 is 15.0 Å². The Labute approximate surface area is 212 Å². The minimum atomic E-state index is -0.226. The van der Waals surface area contributed by atoms with Crippen LogP contribution in [0, 0.1) is 0 Å². The van der Waals surface area contributed by atoms with Gasteiger partial charge in [0.05, 0.1) is 6.04 Å². The second-order valence-corrected chi connectivity index (χ2v) is 9.49. The molecule has 5 nitrogen and oxygen atoms in total. The standard InChI is InChI=1S/C29H34N2O3S/c1-4-6-19-30-29(33)31(22(3)23-13-8-7-9-14-23)24-15-10-17-26(20-24)35-27-18-11-16-25(21-27)34-28(32)12-5-2/h7-11,13-18,20-22H,4-6,12,19H2,1-3H3,(H,30,33). The van der Waals surface area contributed by atoms with Crippen molar-refractivity contribution in [2.24, 2.45) is 0 Å². The lowest BCUT2D eigenvalue weighted by Crippen LogP contribution is -2.42. The summed E-state index contributed by atoms with van der Waals surface area (Å²) in [6, 6.07) is 25.3. The van der Waals surface area contributed by atoms with Gasteiger partial charge in [0, 0.05) is 28.4 Å². The number of urea groups is 1. The number of benzene rings is 3. The highest BCUT2D eigenvalue weighted by atomic mass is 32.2. The second kappa shape index (κ2) is 13.6. The number of nitrogens with one attached hydrogen (secondary N) is 1. The number of unbranched alkanes of at least 4 members (excludes halogenated alkanes) is 1. The average Bonchev–Trinajstić information content (AvgIpc) is 2.85. The number of esters is 1. The number of hydrogen-bond acceptors (Lipinski definition) is 4. The summed E-state index contributed by atoms with van der Waals surface area (Å²) in [6.07, 6.45) is 3.11. The number of nitrogens with zero attached hydrogens (tertiary/aromatic N) is 1. The van der Waals surface area contributed by atoms with Crippen molar-refractivity contribution in [3.8, 4) is 5.75 Å². The van der Waals surface area contributed by atoms with Gasteiger partial charge in [-0.1, -0.05) is 74.5 Å². The van der Waals surface area contributed by atoms with Crippen LogP contribution in [-0.2, 0) is 4.79 Å². The topological polar surface area (TPSA) is 58.6 Å². The molecule has 0 spiro atoms. The summed E-state index contributed by atoms with van der Waals surface area (Å²) in [7, 11) is 0. The van der Waals surface area contributed by atoms with Crippen molar-refractivity contribution in [2.75, 3.05) is 11.4 Å². The highest BCUT2D eigenvalue weighted by molar-refractivity contribution is 7.99. The van der Waals surface area contributed by atoms with Crippen molar-refractivity contribution in [1.29, 1.82) is 0 Å². The van der Waals surface area contributed by atoms with Gasteiger partial charge in [-0.3, -0.25) is 9.69 Å². The fourth-order valence-electron chi connectivity index (χ4n) is 3.68. The van der Waals surface area contributed by atoms with Crippen molar-refractivity contribution < 1.29 is 14.3 Å². The molecule has 0 saturated heterocycles. The Morgan fingerprint density at radius 1 is 0.914 bits per heavy atom. The van der Waals surface area contributed by atoms with E-state index < -0.39 is 0 Å². The molecule has 6 heteroatoms. The van der Waals surface area contributed by atoms with Gasteiger partial charge >= 0.3 is 12.0 Å². The molecule has 0 saturated carbocycles. The summed E-state index contributed by atoms with van der Waals surface area (Å²) in [5.41, 5.74) is 1.89. The molecule has 0 bridgehead atoms. The Morgan fingerprint density at radius 3 is 2.34 bits per heavy atom. The molecule has 0 radical (unpaired) electrons. The first-order valence-electron chi connectivity index (χ1n) is 12.2. The SMILES string of the molecule is CCCCNC(=O)N(c1cccc(Sc2cccc(OC(=O)CCC)c2)c1)C(C)c1ccccc1. The van der Waals surface area contributed by atoms with E-state index in [9.17, 15) is 9.59 Å². The van der Waals surface area contributed by atoms with E-state index >= 15 is 0 Å². The minimum Gasteiger partial charge on any atom is -0.426 e. The molecule has 1 N–H and O–H groups in total. The smallest absolute Gasteiger partial charge is 0.322 e. The molecule has 2 amide bonds. The summed E-state index contributed by atoms with van der Waals surface area (Å²) in [4.78, 5) is 28.9. The Balaban J connectivity index is 1.84. The van der Waals surface area contributed by atoms with E-state index in [1.807, 2.05) is 91.5 Å². The van der Waals surface area contributed by atoms with E-state index in [1.54, 1.807) is 17.8 Å². The van der Waals surface area contributed by atoms with E-state index in [-0.39, 0.29) is 18.0 Å². The summed E-state index contributed by atoms with van der Waals surface area (Å²) in [5.74, 6) is 0.315. The Kier molecular flexibility index (Phi) is 10.2. The molecule has 3 rings (SSSR count). The van der Waals surface area contributed by atoms with E-state index in [1.165, 1.54) is 0 Å². The summed E-state index contributed by atoms with van der Waals surface area (Å²) in [6.45, 7) is 6.75. The maximum absolute atomic E-state index is 13.3. The van der Waals surface area contributed by atoms with Crippen LogP contribution in [0.4, 0.5) is 10.5 Å². The zero-order chi connectivity index (χ0) is 25.0. The Morgan fingerprint density at radius 2 is 1.63 bits per heavy atom. The van der Waals surface area contributed by atoms with Gasteiger partial charge in [-0.05, 0) is 61.7 Å². The third-order valence-electron chi connectivity index (χ3n) is 5.52. The van der Waals surface area contributed by atoms with Crippen molar-refractivity contribution in [2.45, 2.75) is 62.3 Å². The second-order valence-electron chi connectivity index (χ2n) is 8.34. The molecule has 184 valence electrons. The number of carbonyl (C=O) groups excluding carboxylic acids is 2. The third-order valence-corrected chi connectivity index (χ3v) is 6.50. The molecule has 3 aromatic rings. The van der Waals surface area contributed by atoms with Gasteiger partial charge < -0.3 is 10.1 Å². The molecule has 0 heterocycles. The summed E-state index contributed by atoms with van der Waals surface area (Å²) in [5, 5.41) is 3.07. The quantitative estimate of drug-likeness (QED) is 0.171. The molecule has 0 aliphatic rings. The van der Waals surface area contributed by atoms with E-state index in [0.717, 1.165) is 40.3 Å². The fraction of sp³-hybridized carbons (Fsp3) is 0.310. The van der Waals surface area contributed by atoms with Crippen LogP contribution >= 0.6 is 11.8 Å². The number of ether oxygens (including phenoxy) is 1. The predicted molar refractivity (Wildman–Crippen MR) is 143 cm³/mol. The van der Waals surface area contributed by atoms with Crippen LogP contribution in [-0.4, -0.2) is 18.5 Å². The first-order chi connectivity index (χ1) is 17.0. The summed E-state index contributed by atoms with van der Waals surface area (Å²) >= 11 is 1.56. The number of rotatable bonds is 11. The third kappa shape index (κ3) is 7.89. The van der Waals surface area contributed by atoms with Gasteiger partial charge in [0.25, 0.3) is 0 Å². The van der Waals surface area contributed by atoms with Gasteiger partial charge in [0.2, 0.25) is 0 Å². The molecule has 0 aliphatic heterocycles. The molecule has 1 unspecified atom stereocenters. The van der Waals surface area contributed by atoms with Crippen LogP contribution in [0.1, 0.15) is 58.1 Å². The lowest BCUT2D eigenvalue weighted by Gasteiger charge is -2.30. The van der Waals surface area contributed by atoms with Gasteiger partial charge in [0.15, 0.2) is 0 Å². The number of hydrogen-bond donors (Lipinski definition) is 1. The molecular weight excluding hydrogens is 456 g/mol. The lowest BCUT2D eigenvalue weighted by atomic mass is 10.1. The largest absolute Gasteiger partial charge is 0.426 e. The van der Waals surface area contributed by atoms with Crippen molar-refractivity contribution in [3.05, 3.63) is 84.4 Å². The first-order valence-corrected chi connectivity index (χ1v) is 13.0. The fourth-order valence-corrected chi connectivity index (χ4v) is 4.60. The lowest BCUT2D eigenvalue weighted by molar-refractivity contribution is -0.134. The number of carbonyl (C=O) groups is 2. The van der Waals surface area contributed by atoms with Crippen LogP contribution in [0.25, 0.3) is 0 Å². The Hall–Kier alpha value is -3.25. The average molecular weight is 491 g/mol. The van der Waals surface area contributed by atoms with Gasteiger partial charge in [0.1, 0.15) is 5.75 Å². The summed E-state index contributed by atoms with van der Waals surface area (Å²) < 4.78 is 5.44. The van der Waals surface area contributed by atoms with Crippen LogP contribution in [0.2, 0.25) is 0 Å². The maximum atomic E-state index is 13.3. The van der Waals surface area contributed by atoms with Gasteiger partial charge in [-0.25, -0.2) is 4.79 Å². The van der Waals surface area contributed by atoms with Crippen molar-refractivity contribution >= 4 is 29.4 Å². The molecule has 3 aromatic carbocycles. The highest BCUT2D eigenvalue weighted by Gasteiger charge is 2.23. The maximum Gasteiger partial charge on any atom is 0.322 e. The number of amides is 2. The van der Waals surface area contributed by atoms with Crippen LogP contribution in [0.15, 0.2) is 88.7 Å². The van der Waals surface area contributed by atoms with Crippen LogP contribution in [0.5, 0.6) is 5.75 Å². The van der Waals surface area contributed by atoms with Crippen molar-refractivity contribution in [1.82, 2.24) is 5.32 Å². The van der Waals surface area contributed by atoms with E-state index in [0.29, 0.717) is 18.7 Å². The van der Waals surface area contributed by atoms with Crippen LogP contribution in [0.3, 0.4) is 0 Å². The zero-order valence-corrected chi connectivity index (χ0v) is 21.5.